The fourth-order valence-electron chi connectivity index (χ4n) is 3.75. The summed E-state index contributed by atoms with van der Waals surface area (Å²) in [5, 5.41) is 20.1. The van der Waals surface area contributed by atoms with E-state index in [4.69, 9.17) is 4.42 Å². The van der Waals surface area contributed by atoms with E-state index in [-0.39, 0.29) is 11.9 Å². The highest BCUT2D eigenvalue weighted by Gasteiger charge is 2.45. The monoisotopic (exact) mass is 294 g/mol. The summed E-state index contributed by atoms with van der Waals surface area (Å²) in [5.74, 6) is -0.231. The number of carboxylic acid groups (broad SMARTS) is 1. The molecule has 1 aliphatic heterocycles. The van der Waals surface area contributed by atoms with Crippen molar-refractivity contribution >= 4 is 11.9 Å². The topological polar surface area (TPSA) is 96.8 Å². The lowest BCUT2D eigenvalue weighted by atomic mass is 9.85. The van der Waals surface area contributed by atoms with Crippen molar-refractivity contribution < 1.29 is 19.2 Å². The molecule has 1 saturated carbocycles. The van der Waals surface area contributed by atoms with E-state index in [1.54, 1.807) is 6.07 Å². The van der Waals surface area contributed by atoms with Crippen LogP contribution in [0.1, 0.15) is 37.9 Å². The summed E-state index contributed by atoms with van der Waals surface area (Å²) in [5.41, 5.74) is 0. The number of fused-ring (bicyclic) bond motifs is 1. The molecule has 2 heterocycles. The first-order chi connectivity index (χ1) is 10.1. The number of hydrogen-bond donors (Lipinski definition) is 1. The quantitative estimate of drug-likeness (QED) is 0.676. The van der Waals surface area contributed by atoms with Crippen molar-refractivity contribution in [2.45, 2.75) is 50.7 Å². The third kappa shape index (κ3) is 2.65. The Morgan fingerprint density at radius 3 is 2.86 bits per heavy atom. The van der Waals surface area contributed by atoms with Gasteiger partial charge in [-0.2, -0.15) is 0 Å². The standard InChI is InChI=1S/C14H18N2O5/c17-14(18)12-7-9-3-1-2-4-11(9)15(12)8-10-5-6-13(21-10)16(19)20/h5-6,9,11-12H,1-4,7-8H2,(H,17,18). The van der Waals surface area contributed by atoms with E-state index >= 15 is 0 Å². The summed E-state index contributed by atoms with van der Waals surface area (Å²) in [4.78, 5) is 23.5. The molecule has 3 rings (SSSR count). The number of nitro groups is 1. The van der Waals surface area contributed by atoms with Gasteiger partial charge in [0.05, 0.1) is 12.6 Å². The van der Waals surface area contributed by atoms with Gasteiger partial charge in [0, 0.05) is 6.04 Å². The lowest BCUT2D eigenvalue weighted by Crippen LogP contribution is -2.41. The Balaban J connectivity index is 1.79. The number of carbonyl (C=O) groups is 1. The van der Waals surface area contributed by atoms with Crippen molar-refractivity contribution in [3.8, 4) is 0 Å². The number of likely N-dealkylation sites (tertiary alicyclic amines) is 1. The van der Waals surface area contributed by atoms with Crippen LogP contribution in [0.4, 0.5) is 5.88 Å². The van der Waals surface area contributed by atoms with Crippen LogP contribution in [-0.4, -0.2) is 33.0 Å². The van der Waals surface area contributed by atoms with E-state index in [0.717, 1.165) is 25.7 Å². The van der Waals surface area contributed by atoms with Crippen LogP contribution in [0.15, 0.2) is 16.5 Å². The zero-order valence-electron chi connectivity index (χ0n) is 11.6. The molecule has 3 atom stereocenters. The Morgan fingerprint density at radius 1 is 1.43 bits per heavy atom. The SMILES string of the molecule is O=C(O)C1CC2CCCCC2N1Cc1ccc([N+](=O)[O-])o1. The molecule has 0 radical (unpaired) electrons. The molecule has 0 aromatic carbocycles. The molecule has 0 amide bonds. The van der Waals surface area contributed by atoms with E-state index in [2.05, 4.69) is 0 Å². The summed E-state index contributed by atoms with van der Waals surface area (Å²) in [6, 6.07) is 2.62. The van der Waals surface area contributed by atoms with Crippen molar-refractivity contribution in [2.24, 2.45) is 5.92 Å². The van der Waals surface area contributed by atoms with Crippen molar-refractivity contribution in [3.63, 3.8) is 0 Å². The maximum Gasteiger partial charge on any atom is 0.433 e. The molecule has 2 fully saturated rings. The maximum absolute atomic E-state index is 11.5. The number of carboxylic acids is 1. The van der Waals surface area contributed by atoms with Gasteiger partial charge in [0.2, 0.25) is 0 Å². The summed E-state index contributed by atoms with van der Waals surface area (Å²) in [6.07, 6.45) is 5.01. The zero-order valence-corrected chi connectivity index (χ0v) is 11.6. The zero-order chi connectivity index (χ0) is 15.0. The van der Waals surface area contributed by atoms with Crippen LogP contribution in [-0.2, 0) is 11.3 Å². The lowest BCUT2D eigenvalue weighted by Gasteiger charge is -2.32. The molecule has 1 N–H and O–H groups in total. The minimum absolute atomic E-state index is 0.254. The molecule has 1 aliphatic carbocycles. The Hall–Kier alpha value is -1.89. The molecule has 0 bridgehead atoms. The van der Waals surface area contributed by atoms with Gasteiger partial charge in [-0.3, -0.25) is 19.8 Å². The highest BCUT2D eigenvalue weighted by atomic mass is 16.6. The van der Waals surface area contributed by atoms with Crippen LogP contribution >= 0.6 is 0 Å². The van der Waals surface area contributed by atoms with Gasteiger partial charge in [0.25, 0.3) is 0 Å². The third-order valence-corrected chi connectivity index (χ3v) is 4.67. The van der Waals surface area contributed by atoms with Gasteiger partial charge < -0.3 is 9.52 Å². The normalized spacial score (nSPS) is 29.2. The first-order valence-corrected chi connectivity index (χ1v) is 7.28. The highest BCUT2D eigenvalue weighted by molar-refractivity contribution is 5.74. The molecule has 21 heavy (non-hydrogen) atoms. The largest absolute Gasteiger partial charge is 0.480 e. The Bertz CT molecular complexity index is 555. The molecular weight excluding hydrogens is 276 g/mol. The van der Waals surface area contributed by atoms with E-state index < -0.39 is 16.9 Å². The van der Waals surface area contributed by atoms with Gasteiger partial charge in [0.15, 0.2) is 0 Å². The number of nitrogens with zero attached hydrogens (tertiary/aromatic N) is 2. The first kappa shape index (κ1) is 14.1. The first-order valence-electron chi connectivity index (χ1n) is 7.28. The van der Waals surface area contributed by atoms with Crippen LogP contribution in [0.3, 0.4) is 0 Å². The maximum atomic E-state index is 11.5. The molecule has 7 heteroatoms. The van der Waals surface area contributed by atoms with Gasteiger partial charge in [-0.05, 0) is 31.2 Å². The van der Waals surface area contributed by atoms with Crippen LogP contribution in [0, 0.1) is 16.0 Å². The summed E-state index contributed by atoms with van der Waals surface area (Å²) in [6.45, 7) is 0.325. The van der Waals surface area contributed by atoms with Gasteiger partial charge in [-0.25, -0.2) is 0 Å². The minimum atomic E-state index is -0.814. The third-order valence-electron chi connectivity index (χ3n) is 4.67. The molecule has 1 saturated heterocycles. The minimum Gasteiger partial charge on any atom is -0.480 e. The average Bonchev–Trinajstić information content (AvgIpc) is 3.05. The number of furan rings is 1. The van der Waals surface area contributed by atoms with Gasteiger partial charge in [-0.15, -0.1) is 0 Å². The van der Waals surface area contributed by atoms with Crippen molar-refractivity contribution in [3.05, 3.63) is 28.0 Å². The van der Waals surface area contributed by atoms with E-state index in [1.165, 1.54) is 6.07 Å². The molecule has 1 aromatic heterocycles. The van der Waals surface area contributed by atoms with Gasteiger partial charge in [-0.1, -0.05) is 12.8 Å². The van der Waals surface area contributed by atoms with Crippen molar-refractivity contribution in [1.29, 1.82) is 0 Å². The molecule has 3 unspecified atom stereocenters. The van der Waals surface area contributed by atoms with Crippen LogP contribution < -0.4 is 0 Å². The molecule has 7 nitrogen and oxygen atoms in total. The summed E-state index contributed by atoms with van der Waals surface area (Å²) < 4.78 is 5.18. The molecule has 114 valence electrons. The molecule has 2 aliphatic rings. The predicted octanol–water partition coefficient (Wildman–Crippen LogP) is 2.41. The molecule has 0 spiro atoms. The fourth-order valence-corrected chi connectivity index (χ4v) is 3.75. The predicted molar refractivity (Wildman–Crippen MR) is 72.7 cm³/mol. The Kier molecular flexibility index (Phi) is 3.67. The van der Waals surface area contributed by atoms with Gasteiger partial charge in [0.1, 0.15) is 16.7 Å². The Labute approximate surface area is 121 Å². The summed E-state index contributed by atoms with van der Waals surface area (Å²) in [7, 11) is 0. The van der Waals surface area contributed by atoms with E-state index in [9.17, 15) is 20.0 Å². The molecular formula is C14H18N2O5. The van der Waals surface area contributed by atoms with Crippen LogP contribution in [0.2, 0.25) is 0 Å². The Morgan fingerprint density at radius 2 is 2.19 bits per heavy atom. The number of aliphatic carboxylic acids is 1. The molecule has 1 aromatic rings. The van der Waals surface area contributed by atoms with Crippen LogP contribution in [0.25, 0.3) is 0 Å². The van der Waals surface area contributed by atoms with E-state index in [0.29, 0.717) is 24.6 Å². The second-order valence-electron chi connectivity index (χ2n) is 5.87. The van der Waals surface area contributed by atoms with Crippen molar-refractivity contribution in [2.75, 3.05) is 0 Å². The lowest BCUT2D eigenvalue weighted by molar-refractivity contribution is -0.402. The van der Waals surface area contributed by atoms with Crippen molar-refractivity contribution in [1.82, 2.24) is 4.90 Å². The summed E-state index contributed by atoms with van der Waals surface area (Å²) >= 11 is 0. The van der Waals surface area contributed by atoms with Gasteiger partial charge >= 0.3 is 11.9 Å². The smallest absolute Gasteiger partial charge is 0.433 e. The second-order valence-corrected chi connectivity index (χ2v) is 5.87. The fraction of sp³-hybridized carbons (Fsp3) is 0.643. The number of hydrogen-bond acceptors (Lipinski definition) is 5. The second kappa shape index (κ2) is 5.48. The van der Waals surface area contributed by atoms with E-state index in [1.807, 2.05) is 4.90 Å². The highest BCUT2D eigenvalue weighted by Crippen LogP contribution is 2.40. The average molecular weight is 294 g/mol. The number of rotatable bonds is 4. The van der Waals surface area contributed by atoms with Crippen LogP contribution in [0.5, 0.6) is 0 Å².